The lowest BCUT2D eigenvalue weighted by atomic mass is 9.35. The second kappa shape index (κ2) is 10.9. The van der Waals surface area contributed by atoms with E-state index in [-0.39, 0.29) is 12.1 Å². The highest BCUT2D eigenvalue weighted by Gasteiger charge is 2.43. The second-order valence-electron chi connectivity index (χ2n) is 16.0. The average molecular weight is 733 g/mol. The fraction of sp³-hybridized carbons (Fsp3) is 0.0588. The van der Waals surface area contributed by atoms with E-state index in [4.69, 9.17) is 4.74 Å². The molecule has 0 amide bonds. The van der Waals surface area contributed by atoms with Crippen LogP contribution in [0, 0.1) is 0 Å². The lowest BCUT2D eigenvalue weighted by molar-refractivity contribution is 0.486. The number of hydrogen-bond acceptors (Lipinski definition) is 2. The van der Waals surface area contributed by atoms with Crippen LogP contribution >= 0.6 is 11.8 Å². The number of benzene rings is 8. The van der Waals surface area contributed by atoms with Gasteiger partial charge in [0, 0.05) is 54.1 Å². The molecule has 3 nitrogen and oxygen atoms in total. The molecule has 1 aliphatic carbocycles. The van der Waals surface area contributed by atoms with Gasteiger partial charge in [0.25, 0.3) is 6.71 Å². The monoisotopic (exact) mass is 732 g/mol. The minimum Gasteiger partial charge on any atom is -0.458 e. The maximum atomic E-state index is 6.94. The number of rotatable bonds is 2. The van der Waals surface area contributed by atoms with E-state index < -0.39 is 0 Å². The Bertz CT molecular complexity index is 3290. The predicted octanol–water partition coefficient (Wildman–Crippen LogP) is 11.3. The Labute approximate surface area is 328 Å². The Hall–Kier alpha value is -6.43. The Morgan fingerprint density at radius 2 is 1.18 bits per heavy atom. The van der Waals surface area contributed by atoms with Gasteiger partial charge in [0.1, 0.15) is 11.5 Å². The summed E-state index contributed by atoms with van der Waals surface area (Å²) in [5.41, 5.74) is 16.2. The van der Waals surface area contributed by atoms with Crippen LogP contribution in [0.1, 0.15) is 25.0 Å². The van der Waals surface area contributed by atoms with Crippen molar-refractivity contribution in [2.75, 3.05) is 0 Å². The molecule has 5 heteroatoms. The molecule has 8 aromatic carbocycles. The smallest absolute Gasteiger partial charge is 0.253 e. The van der Waals surface area contributed by atoms with Gasteiger partial charge in [-0.3, -0.25) is 0 Å². The molecule has 0 fully saturated rings. The molecule has 0 saturated heterocycles. The van der Waals surface area contributed by atoms with Crippen LogP contribution in [0.15, 0.2) is 174 Å². The molecule has 56 heavy (non-hydrogen) atoms. The number of ether oxygens (including phenoxy) is 1. The van der Waals surface area contributed by atoms with Crippen LogP contribution in [-0.4, -0.2) is 15.8 Å². The van der Waals surface area contributed by atoms with Crippen molar-refractivity contribution in [3.63, 3.8) is 0 Å². The van der Waals surface area contributed by atoms with Crippen LogP contribution in [0.3, 0.4) is 0 Å². The van der Waals surface area contributed by atoms with Crippen molar-refractivity contribution in [2.24, 2.45) is 0 Å². The van der Waals surface area contributed by atoms with Gasteiger partial charge in [0.15, 0.2) is 0 Å². The zero-order chi connectivity index (χ0) is 36.9. The first kappa shape index (κ1) is 30.9. The molecule has 0 atom stereocenters. The van der Waals surface area contributed by atoms with Crippen LogP contribution < -0.4 is 21.1 Å². The third kappa shape index (κ3) is 3.81. The molecule has 262 valence electrons. The average Bonchev–Trinajstić information content (AvgIpc) is 3.84. The lowest BCUT2D eigenvalue weighted by Gasteiger charge is -2.33. The van der Waals surface area contributed by atoms with Gasteiger partial charge < -0.3 is 13.9 Å². The molecule has 0 unspecified atom stereocenters. The first-order valence-corrected chi connectivity index (χ1v) is 20.3. The standard InChI is InChI=1S/C51H33BN2OS/c1-51(2)35-21-9-6-18-32(35)44-47(51)45-33-19-7-12-24-38(33)53(30-16-4-3-5-17-30)50(45)46-34-20-8-13-25-39(34)54(49(44)46)31-28-41-48-43(29-31)56-42-27-15-11-23-37(42)52(48)36-22-10-14-26-40(36)55-41/h3-29H,1-2H3. The Kier molecular flexibility index (Phi) is 5.99. The van der Waals surface area contributed by atoms with Gasteiger partial charge >= 0.3 is 0 Å². The van der Waals surface area contributed by atoms with Crippen molar-refractivity contribution >= 4 is 78.5 Å². The zero-order valence-corrected chi connectivity index (χ0v) is 31.7. The molecular weight excluding hydrogens is 699 g/mol. The van der Waals surface area contributed by atoms with Crippen LogP contribution in [0.2, 0.25) is 0 Å². The van der Waals surface area contributed by atoms with E-state index in [2.05, 4.69) is 187 Å². The van der Waals surface area contributed by atoms with Crippen molar-refractivity contribution < 1.29 is 4.74 Å². The highest BCUT2D eigenvalue weighted by Crippen LogP contribution is 2.58. The van der Waals surface area contributed by atoms with Crippen LogP contribution in [0.4, 0.5) is 0 Å². The van der Waals surface area contributed by atoms with E-state index in [0.29, 0.717) is 0 Å². The zero-order valence-electron chi connectivity index (χ0n) is 30.9. The van der Waals surface area contributed by atoms with E-state index in [0.717, 1.165) is 22.9 Å². The highest BCUT2D eigenvalue weighted by atomic mass is 32.2. The molecule has 0 N–H and O–H groups in total. The molecule has 13 rings (SSSR count). The number of para-hydroxylation sites is 4. The fourth-order valence-corrected chi connectivity index (χ4v) is 11.8. The minimum absolute atomic E-state index is 0.118. The lowest BCUT2D eigenvalue weighted by Crippen LogP contribution is -2.57. The van der Waals surface area contributed by atoms with E-state index in [1.54, 1.807) is 0 Å². The first-order chi connectivity index (χ1) is 27.6. The number of fused-ring (bicyclic) bond motifs is 16. The summed E-state index contributed by atoms with van der Waals surface area (Å²) in [5.74, 6) is 1.87. The van der Waals surface area contributed by atoms with E-state index in [1.807, 2.05) is 11.8 Å². The largest absolute Gasteiger partial charge is 0.458 e. The summed E-state index contributed by atoms with van der Waals surface area (Å²) < 4.78 is 12.0. The highest BCUT2D eigenvalue weighted by molar-refractivity contribution is 8.00. The Morgan fingerprint density at radius 3 is 2.00 bits per heavy atom. The van der Waals surface area contributed by atoms with Crippen molar-refractivity contribution in [1.82, 2.24) is 9.13 Å². The van der Waals surface area contributed by atoms with Crippen LogP contribution in [0.25, 0.3) is 66.1 Å². The summed E-state index contributed by atoms with van der Waals surface area (Å²) in [6, 6.07) is 60.3. The maximum absolute atomic E-state index is 6.94. The summed E-state index contributed by atoms with van der Waals surface area (Å²) in [7, 11) is 0. The summed E-state index contributed by atoms with van der Waals surface area (Å²) in [5, 5.41) is 5.14. The summed E-state index contributed by atoms with van der Waals surface area (Å²) in [4.78, 5) is 2.55. The van der Waals surface area contributed by atoms with Gasteiger partial charge in [-0.1, -0.05) is 146 Å². The SMILES string of the molecule is CC1(C)c2ccccc2-c2c1c1c3ccccc3n(-c3ccccc3)c1c1c3ccccc3n(-c3cc4c5c(c3)Sc3ccccc3B5c3ccccc3O4)c21. The van der Waals surface area contributed by atoms with Crippen molar-refractivity contribution in [1.29, 1.82) is 0 Å². The molecule has 4 heterocycles. The van der Waals surface area contributed by atoms with Gasteiger partial charge in [-0.15, -0.1) is 0 Å². The van der Waals surface area contributed by atoms with E-state index in [9.17, 15) is 0 Å². The van der Waals surface area contributed by atoms with Gasteiger partial charge in [-0.25, -0.2) is 0 Å². The number of nitrogens with zero attached hydrogens (tertiary/aromatic N) is 2. The second-order valence-corrected chi connectivity index (χ2v) is 17.1. The number of hydrogen-bond donors (Lipinski definition) is 0. The van der Waals surface area contributed by atoms with Gasteiger partial charge in [-0.05, 0) is 70.1 Å². The van der Waals surface area contributed by atoms with Gasteiger partial charge in [-0.2, -0.15) is 0 Å². The number of aromatic nitrogens is 2. The van der Waals surface area contributed by atoms with Gasteiger partial charge in [0.2, 0.25) is 0 Å². The van der Waals surface area contributed by atoms with Crippen molar-refractivity contribution in [3.8, 4) is 34.0 Å². The molecule has 10 aromatic rings. The Balaban J connectivity index is 1.24. The molecule has 2 aliphatic heterocycles. The third-order valence-corrected chi connectivity index (χ3v) is 13.9. The summed E-state index contributed by atoms with van der Waals surface area (Å²) >= 11 is 1.87. The normalized spacial score (nSPS) is 14.4. The van der Waals surface area contributed by atoms with Crippen molar-refractivity contribution in [2.45, 2.75) is 29.1 Å². The molecule has 3 aliphatic rings. The van der Waals surface area contributed by atoms with Crippen LogP contribution in [0.5, 0.6) is 11.5 Å². The quantitative estimate of drug-likeness (QED) is 0.165. The third-order valence-electron chi connectivity index (χ3n) is 12.8. The first-order valence-electron chi connectivity index (χ1n) is 19.5. The maximum Gasteiger partial charge on any atom is 0.253 e. The van der Waals surface area contributed by atoms with E-state index in [1.165, 1.54) is 92.0 Å². The molecule has 0 radical (unpaired) electrons. The fourth-order valence-electron chi connectivity index (χ4n) is 10.6. The predicted molar refractivity (Wildman–Crippen MR) is 234 cm³/mol. The molecule has 0 saturated carbocycles. The van der Waals surface area contributed by atoms with Gasteiger partial charge in [0.05, 0.1) is 27.8 Å². The summed E-state index contributed by atoms with van der Waals surface area (Å²) in [6.45, 7) is 4.97. The minimum atomic E-state index is -0.243. The van der Waals surface area contributed by atoms with Crippen LogP contribution in [-0.2, 0) is 5.41 Å². The molecule has 0 spiro atoms. The topological polar surface area (TPSA) is 19.1 Å². The molecule has 2 aromatic heterocycles. The molecular formula is C51H33BN2OS. The summed E-state index contributed by atoms with van der Waals surface area (Å²) in [6.07, 6.45) is 0. The Morgan fingerprint density at radius 1 is 0.536 bits per heavy atom. The van der Waals surface area contributed by atoms with E-state index >= 15 is 0 Å². The van der Waals surface area contributed by atoms with Crippen molar-refractivity contribution in [3.05, 3.63) is 175 Å². The molecule has 0 bridgehead atoms.